The highest BCUT2D eigenvalue weighted by Gasteiger charge is 2.22. The highest BCUT2D eigenvalue weighted by atomic mass is 16.5. The molecule has 0 aliphatic heterocycles. The number of carbonyl (C=O) groups excluding carboxylic acids is 2. The molecule has 2 aromatic rings. The number of phenolic OH excluding ortho intramolecular Hbond substituents is 1. The quantitative estimate of drug-likeness (QED) is 0.678. The SMILES string of the molecule is CC(C)c1cc(C(=O)OCC(=O)Nc2cc(C(C)(C)C)no2)c(O)c(C(C)C)c1. The monoisotopic (exact) mass is 402 g/mol. The van der Waals surface area contributed by atoms with Crippen molar-refractivity contribution in [2.45, 2.75) is 65.7 Å². The number of phenols is 1. The molecule has 2 rings (SSSR count). The molecule has 2 N–H and O–H groups in total. The average molecular weight is 402 g/mol. The van der Waals surface area contributed by atoms with E-state index in [1.165, 1.54) is 0 Å². The predicted octanol–water partition coefficient (Wildman–Crippen LogP) is 4.72. The first-order valence-corrected chi connectivity index (χ1v) is 9.71. The second-order valence-electron chi connectivity index (χ2n) is 8.77. The van der Waals surface area contributed by atoms with E-state index in [9.17, 15) is 14.7 Å². The third-order valence-corrected chi connectivity index (χ3v) is 4.55. The molecule has 0 atom stereocenters. The summed E-state index contributed by atoms with van der Waals surface area (Å²) in [6, 6.07) is 5.13. The van der Waals surface area contributed by atoms with Crippen LogP contribution in [-0.4, -0.2) is 28.7 Å². The van der Waals surface area contributed by atoms with Gasteiger partial charge >= 0.3 is 5.97 Å². The molecule has 1 heterocycles. The lowest BCUT2D eigenvalue weighted by Gasteiger charge is -2.16. The van der Waals surface area contributed by atoms with Gasteiger partial charge in [-0.15, -0.1) is 0 Å². The Labute approximate surface area is 171 Å². The van der Waals surface area contributed by atoms with Crippen LogP contribution in [0.15, 0.2) is 22.7 Å². The number of hydrogen-bond acceptors (Lipinski definition) is 6. The summed E-state index contributed by atoms with van der Waals surface area (Å²) in [5.74, 6) is -1.03. The summed E-state index contributed by atoms with van der Waals surface area (Å²) < 4.78 is 10.2. The van der Waals surface area contributed by atoms with Gasteiger partial charge in [0.15, 0.2) is 6.61 Å². The fourth-order valence-electron chi connectivity index (χ4n) is 2.68. The minimum absolute atomic E-state index is 0.0343. The standard InChI is InChI=1S/C22H30N2O5/c1-12(2)14-8-15(13(3)4)20(26)16(9-14)21(27)28-11-18(25)23-19-10-17(24-29-19)22(5,6)7/h8-10,12-13,26H,11H2,1-7H3,(H,23,25). The van der Waals surface area contributed by atoms with E-state index in [2.05, 4.69) is 10.5 Å². The van der Waals surface area contributed by atoms with Gasteiger partial charge < -0.3 is 14.4 Å². The van der Waals surface area contributed by atoms with Crippen LogP contribution in [-0.2, 0) is 14.9 Å². The number of hydrogen-bond donors (Lipinski definition) is 2. The zero-order chi connectivity index (χ0) is 21.9. The number of benzene rings is 1. The number of nitrogens with zero attached hydrogens (tertiary/aromatic N) is 1. The Morgan fingerprint density at radius 2 is 1.79 bits per heavy atom. The lowest BCUT2D eigenvalue weighted by Crippen LogP contribution is -2.21. The maximum absolute atomic E-state index is 12.5. The highest BCUT2D eigenvalue weighted by Crippen LogP contribution is 2.33. The summed E-state index contributed by atoms with van der Waals surface area (Å²) in [5.41, 5.74) is 2.12. The average Bonchev–Trinajstić information content (AvgIpc) is 3.08. The number of amides is 1. The fourth-order valence-corrected chi connectivity index (χ4v) is 2.68. The molecular formula is C22H30N2O5. The maximum atomic E-state index is 12.5. The lowest BCUT2D eigenvalue weighted by atomic mass is 9.92. The summed E-state index contributed by atoms with van der Waals surface area (Å²) in [7, 11) is 0. The summed E-state index contributed by atoms with van der Waals surface area (Å²) in [4.78, 5) is 24.6. The van der Waals surface area contributed by atoms with Gasteiger partial charge in [-0.1, -0.05) is 59.7 Å². The Bertz CT molecular complexity index is 891. The second kappa shape index (κ2) is 8.68. The molecule has 1 amide bonds. The number of rotatable bonds is 6. The van der Waals surface area contributed by atoms with Crippen LogP contribution in [0.1, 0.15) is 87.5 Å². The van der Waals surface area contributed by atoms with E-state index in [-0.39, 0.29) is 34.4 Å². The molecule has 0 unspecified atom stereocenters. The van der Waals surface area contributed by atoms with Crippen LogP contribution in [0.4, 0.5) is 5.88 Å². The molecule has 0 spiro atoms. The van der Waals surface area contributed by atoms with Crippen molar-refractivity contribution in [1.29, 1.82) is 0 Å². The minimum atomic E-state index is -0.755. The molecular weight excluding hydrogens is 372 g/mol. The van der Waals surface area contributed by atoms with Crippen molar-refractivity contribution in [2.24, 2.45) is 0 Å². The zero-order valence-corrected chi connectivity index (χ0v) is 18.1. The first-order chi connectivity index (χ1) is 13.4. The number of ether oxygens (including phenoxy) is 1. The first kappa shape index (κ1) is 22.5. The predicted molar refractivity (Wildman–Crippen MR) is 110 cm³/mol. The number of aromatic nitrogens is 1. The van der Waals surface area contributed by atoms with E-state index < -0.39 is 18.5 Å². The smallest absolute Gasteiger partial charge is 0.342 e. The highest BCUT2D eigenvalue weighted by molar-refractivity contribution is 5.96. The van der Waals surface area contributed by atoms with Gasteiger partial charge in [0.05, 0.1) is 5.69 Å². The number of anilines is 1. The van der Waals surface area contributed by atoms with Crippen molar-refractivity contribution in [3.05, 3.63) is 40.6 Å². The molecule has 7 heteroatoms. The van der Waals surface area contributed by atoms with Gasteiger partial charge in [0.2, 0.25) is 5.88 Å². The van der Waals surface area contributed by atoms with E-state index in [1.54, 1.807) is 12.1 Å². The van der Waals surface area contributed by atoms with Gasteiger partial charge in [-0.05, 0) is 29.0 Å². The van der Waals surface area contributed by atoms with Crippen LogP contribution >= 0.6 is 0 Å². The van der Waals surface area contributed by atoms with Crippen LogP contribution in [0.25, 0.3) is 0 Å². The molecule has 0 bridgehead atoms. The fraction of sp³-hybridized carbons (Fsp3) is 0.500. The molecule has 158 valence electrons. The summed E-state index contributed by atoms with van der Waals surface area (Å²) in [6.45, 7) is 13.3. The van der Waals surface area contributed by atoms with Crippen LogP contribution < -0.4 is 5.32 Å². The van der Waals surface area contributed by atoms with Crippen molar-refractivity contribution in [3.63, 3.8) is 0 Å². The molecule has 1 aromatic heterocycles. The van der Waals surface area contributed by atoms with Crippen molar-refractivity contribution in [3.8, 4) is 5.75 Å². The molecule has 0 radical (unpaired) electrons. The van der Waals surface area contributed by atoms with Crippen molar-refractivity contribution < 1.29 is 24.0 Å². The van der Waals surface area contributed by atoms with Gasteiger partial charge in [-0.3, -0.25) is 10.1 Å². The van der Waals surface area contributed by atoms with Crippen molar-refractivity contribution in [2.75, 3.05) is 11.9 Å². The largest absolute Gasteiger partial charge is 0.507 e. The second-order valence-corrected chi connectivity index (χ2v) is 8.77. The Balaban J connectivity index is 2.08. The third kappa shape index (κ3) is 5.59. The molecule has 7 nitrogen and oxygen atoms in total. The summed E-state index contributed by atoms with van der Waals surface area (Å²) >= 11 is 0. The molecule has 0 saturated carbocycles. The first-order valence-electron chi connectivity index (χ1n) is 9.71. The summed E-state index contributed by atoms with van der Waals surface area (Å²) in [5, 5.41) is 16.9. The van der Waals surface area contributed by atoms with E-state index >= 15 is 0 Å². The minimum Gasteiger partial charge on any atom is -0.507 e. The van der Waals surface area contributed by atoms with Crippen molar-refractivity contribution >= 4 is 17.8 Å². The van der Waals surface area contributed by atoms with E-state index in [4.69, 9.17) is 9.26 Å². The van der Waals surface area contributed by atoms with E-state index in [0.29, 0.717) is 11.3 Å². The molecule has 0 aliphatic carbocycles. The molecule has 1 aromatic carbocycles. The van der Waals surface area contributed by atoms with E-state index in [0.717, 1.165) is 5.56 Å². The Kier molecular flexibility index (Phi) is 6.72. The van der Waals surface area contributed by atoms with Crippen LogP contribution in [0.2, 0.25) is 0 Å². The van der Waals surface area contributed by atoms with Crippen LogP contribution in [0.3, 0.4) is 0 Å². The number of nitrogens with one attached hydrogen (secondary N) is 1. The van der Waals surface area contributed by atoms with Gasteiger partial charge in [-0.2, -0.15) is 0 Å². The number of esters is 1. The number of carbonyl (C=O) groups is 2. The van der Waals surface area contributed by atoms with Crippen LogP contribution in [0.5, 0.6) is 5.75 Å². The molecule has 0 aliphatic rings. The lowest BCUT2D eigenvalue weighted by molar-refractivity contribution is -0.119. The van der Waals surface area contributed by atoms with Gasteiger partial charge in [0, 0.05) is 11.5 Å². The normalized spacial score (nSPS) is 11.8. The molecule has 0 fully saturated rings. The van der Waals surface area contributed by atoms with E-state index in [1.807, 2.05) is 54.5 Å². The van der Waals surface area contributed by atoms with Crippen molar-refractivity contribution in [1.82, 2.24) is 5.16 Å². The Morgan fingerprint density at radius 3 is 2.31 bits per heavy atom. The van der Waals surface area contributed by atoms with Crippen LogP contribution in [0, 0.1) is 0 Å². The molecule has 29 heavy (non-hydrogen) atoms. The Hall–Kier alpha value is -2.83. The zero-order valence-electron chi connectivity index (χ0n) is 18.1. The maximum Gasteiger partial charge on any atom is 0.342 e. The third-order valence-electron chi connectivity index (χ3n) is 4.55. The molecule has 0 saturated heterocycles. The topological polar surface area (TPSA) is 102 Å². The van der Waals surface area contributed by atoms with Gasteiger partial charge in [0.25, 0.3) is 5.91 Å². The Morgan fingerprint density at radius 1 is 1.14 bits per heavy atom. The van der Waals surface area contributed by atoms with Gasteiger partial charge in [0.1, 0.15) is 11.3 Å². The van der Waals surface area contributed by atoms with Gasteiger partial charge in [-0.25, -0.2) is 4.79 Å². The summed E-state index contributed by atoms with van der Waals surface area (Å²) in [6.07, 6.45) is 0. The number of aromatic hydroxyl groups is 1.